The summed E-state index contributed by atoms with van der Waals surface area (Å²) in [5, 5.41) is 18.4. The van der Waals surface area contributed by atoms with Gasteiger partial charge in [0, 0.05) is 24.4 Å². The third kappa shape index (κ3) is 1.97. The van der Waals surface area contributed by atoms with Crippen molar-refractivity contribution in [3.8, 4) is 5.75 Å². The van der Waals surface area contributed by atoms with Crippen LogP contribution in [0.3, 0.4) is 0 Å². The molecule has 2 unspecified atom stereocenters. The number of para-hydroxylation sites is 1. The van der Waals surface area contributed by atoms with E-state index in [2.05, 4.69) is 15.2 Å². The highest BCUT2D eigenvalue weighted by Crippen LogP contribution is 2.40. The van der Waals surface area contributed by atoms with Gasteiger partial charge in [-0.25, -0.2) is 0 Å². The standard InChI is InChI=1S/C14H13N3O/c18-14-6-2-1-5-11(14)13-8-12(16-17-13)10-4-3-7-15-9-10/h1-7,9,12-13,18H,8H2. The van der Waals surface area contributed by atoms with E-state index >= 15 is 0 Å². The molecule has 1 aliphatic rings. The quantitative estimate of drug-likeness (QED) is 0.872. The van der Waals surface area contributed by atoms with E-state index in [1.807, 2.05) is 36.5 Å². The lowest BCUT2D eigenvalue weighted by Crippen LogP contribution is -1.97. The Morgan fingerprint density at radius 1 is 1.00 bits per heavy atom. The first kappa shape index (κ1) is 10.9. The fraction of sp³-hybridized carbons (Fsp3) is 0.214. The van der Waals surface area contributed by atoms with Crippen LogP contribution in [0.4, 0.5) is 0 Å². The first-order chi connectivity index (χ1) is 8.84. The molecular formula is C14H13N3O. The Balaban J connectivity index is 1.81. The third-order valence-electron chi connectivity index (χ3n) is 3.16. The molecule has 2 atom stereocenters. The SMILES string of the molecule is Oc1ccccc1C1CC(c2cccnc2)N=N1. The van der Waals surface area contributed by atoms with E-state index in [4.69, 9.17) is 0 Å². The Kier molecular flexibility index (Phi) is 2.76. The molecule has 0 amide bonds. The molecule has 2 aromatic rings. The third-order valence-corrected chi connectivity index (χ3v) is 3.16. The summed E-state index contributed by atoms with van der Waals surface area (Å²) >= 11 is 0. The number of aromatic hydroxyl groups is 1. The fourth-order valence-corrected chi connectivity index (χ4v) is 2.20. The molecule has 0 spiro atoms. The number of hydrogen-bond donors (Lipinski definition) is 1. The van der Waals surface area contributed by atoms with E-state index in [0.29, 0.717) is 0 Å². The molecule has 4 nitrogen and oxygen atoms in total. The van der Waals surface area contributed by atoms with E-state index in [-0.39, 0.29) is 17.8 Å². The first-order valence-corrected chi connectivity index (χ1v) is 5.92. The highest BCUT2D eigenvalue weighted by molar-refractivity contribution is 5.35. The molecular weight excluding hydrogens is 226 g/mol. The molecule has 3 rings (SSSR count). The minimum atomic E-state index is -0.0589. The Bertz CT molecular complexity index is 568. The summed E-state index contributed by atoms with van der Waals surface area (Å²) in [7, 11) is 0. The molecule has 0 bridgehead atoms. The van der Waals surface area contributed by atoms with Gasteiger partial charge in [-0.3, -0.25) is 4.98 Å². The van der Waals surface area contributed by atoms with Crippen LogP contribution in [0.15, 0.2) is 59.0 Å². The van der Waals surface area contributed by atoms with E-state index in [9.17, 15) is 5.11 Å². The van der Waals surface area contributed by atoms with Gasteiger partial charge in [0.25, 0.3) is 0 Å². The lowest BCUT2D eigenvalue weighted by molar-refractivity contribution is 0.460. The molecule has 90 valence electrons. The van der Waals surface area contributed by atoms with Crippen LogP contribution in [-0.4, -0.2) is 10.1 Å². The highest BCUT2D eigenvalue weighted by Gasteiger charge is 2.26. The van der Waals surface area contributed by atoms with Crippen LogP contribution in [0.1, 0.15) is 29.6 Å². The molecule has 2 heterocycles. The maximum Gasteiger partial charge on any atom is 0.120 e. The second-order valence-electron chi connectivity index (χ2n) is 4.34. The average Bonchev–Trinajstić information content (AvgIpc) is 2.90. The highest BCUT2D eigenvalue weighted by atomic mass is 16.3. The first-order valence-electron chi connectivity index (χ1n) is 5.92. The van der Waals surface area contributed by atoms with E-state index in [1.54, 1.807) is 12.3 Å². The maximum atomic E-state index is 9.81. The molecule has 1 aromatic carbocycles. The van der Waals surface area contributed by atoms with Gasteiger partial charge in [-0.05, 0) is 17.7 Å². The number of phenols is 1. The number of hydrogen-bond acceptors (Lipinski definition) is 4. The maximum absolute atomic E-state index is 9.81. The van der Waals surface area contributed by atoms with Gasteiger partial charge in [-0.2, -0.15) is 10.2 Å². The van der Waals surface area contributed by atoms with Gasteiger partial charge in [0.2, 0.25) is 0 Å². The van der Waals surface area contributed by atoms with Gasteiger partial charge >= 0.3 is 0 Å². The van der Waals surface area contributed by atoms with Crippen molar-refractivity contribution < 1.29 is 5.11 Å². The summed E-state index contributed by atoms with van der Waals surface area (Å²) in [6, 6.07) is 11.2. The number of phenolic OH excluding ortho intramolecular Hbond substituents is 1. The lowest BCUT2D eigenvalue weighted by atomic mass is 9.98. The van der Waals surface area contributed by atoms with Crippen molar-refractivity contribution in [3.63, 3.8) is 0 Å². The number of azo groups is 1. The summed E-state index contributed by atoms with van der Waals surface area (Å²) in [6.45, 7) is 0. The fourth-order valence-electron chi connectivity index (χ4n) is 2.20. The normalized spacial score (nSPS) is 22.2. The van der Waals surface area contributed by atoms with Crippen molar-refractivity contribution >= 4 is 0 Å². The van der Waals surface area contributed by atoms with Crippen molar-refractivity contribution in [2.24, 2.45) is 10.2 Å². The van der Waals surface area contributed by atoms with Crippen molar-refractivity contribution in [2.75, 3.05) is 0 Å². The molecule has 4 heteroatoms. The molecule has 0 saturated heterocycles. The molecule has 0 saturated carbocycles. The molecule has 0 fully saturated rings. The molecule has 1 aliphatic heterocycles. The van der Waals surface area contributed by atoms with Crippen molar-refractivity contribution in [1.82, 2.24) is 4.98 Å². The van der Waals surface area contributed by atoms with Crippen LogP contribution in [0.5, 0.6) is 5.75 Å². The molecule has 0 radical (unpaired) electrons. The van der Waals surface area contributed by atoms with Crippen LogP contribution in [0.2, 0.25) is 0 Å². The second-order valence-corrected chi connectivity index (χ2v) is 4.34. The van der Waals surface area contributed by atoms with E-state index < -0.39 is 0 Å². The summed E-state index contributed by atoms with van der Waals surface area (Å²) in [5.41, 5.74) is 1.91. The average molecular weight is 239 g/mol. The summed E-state index contributed by atoms with van der Waals surface area (Å²) in [6.07, 6.45) is 4.34. The molecule has 0 aliphatic carbocycles. The predicted molar refractivity (Wildman–Crippen MR) is 67.3 cm³/mol. The van der Waals surface area contributed by atoms with Crippen LogP contribution in [0, 0.1) is 0 Å². The zero-order valence-electron chi connectivity index (χ0n) is 9.77. The minimum Gasteiger partial charge on any atom is -0.508 e. The van der Waals surface area contributed by atoms with E-state index in [0.717, 1.165) is 17.5 Å². The zero-order chi connectivity index (χ0) is 12.4. The molecule has 1 aromatic heterocycles. The van der Waals surface area contributed by atoms with Crippen molar-refractivity contribution in [1.29, 1.82) is 0 Å². The summed E-state index contributed by atoms with van der Waals surface area (Å²) in [4.78, 5) is 4.09. The Hall–Kier alpha value is -2.23. The van der Waals surface area contributed by atoms with Crippen molar-refractivity contribution in [3.05, 3.63) is 59.9 Å². The monoisotopic (exact) mass is 239 g/mol. The topological polar surface area (TPSA) is 57.8 Å². The zero-order valence-corrected chi connectivity index (χ0v) is 9.77. The number of aromatic nitrogens is 1. The number of nitrogens with zero attached hydrogens (tertiary/aromatic N) is 3. The van der Waals surface area contributed by atoms with Gasteiger partial charge in [-0.15, -0.1) is 0 Å². The van der Waals surface area contributed by atoms with Crippen molar-refractivity contribution in [2.45, 2.75) is 18.5 Å². The van der Waals surface area contributed by atoms with E-state index in [1.165, 1.54) is 0 Å². The van der Waals surface area contributed by atoms with Crippen LogP contribution < -0.4 is 0 Å². The lowest BCUT2D eigenvalue weighted by Gasteiger charge is -2.10. The largest absolute Gasteiger partial charge is 0.508 e. The van der Waals surface area contributed by atoms with Gasteiger partial charge in [-0.1, -0.05) is 24.3 Å². The van der Waals surface area contributed by atoms with Gasteiger partial charge in [0.15, 0.2) is 0 Å². The second kappa shape index (κ2) is 4.56. The van der Waals surface area contributed by atoms with Crippen LogP contribution >= 0.6 is 0 Å². The predicted octanol–water partition coefficient (Wildman–Crippen LogP) is 3.43. The van der Waals surface area contributed by atoms with Gasteiger partial charge in [0.05, 0.1) is 6.04 Å². The number of benzene rings is 1. The minimum absolute atomic E-state index is 0.0447. The van der Waals surface area contributed by atoms with Crippen LogP contribution in [-0.2, 0) is 0 Å². The van der Waals surface area contributed by atoms with Crippen LogP contribution in [0.25, 0.3) is 0 Å². The van der Waals surface area contributed by atoms with Gasteiger partial charge in [0.1, 0.15) is 11.8 Å². The summed E-state index contributed by atoms with van der Waals surface area (Å²) in [5.74, 6) is 0.285. The molecule has 1 N–H and O–H groups in total. The summed E-state index contributed by atoms with van der Waals surface area (Å²) < 4.78 is 0. The molecule has 18 heavy (non-hydrogen) atoms. The number of pyridine rings is 1. The Morgan fingerprint density at radius 2 is 1.83 bits per heavy atom. The Labute approximate surface area is 105 Å². The van der Waals surface area contributed by atoms with Gasteiger partial charge < -0.3 is 5.11 Å². The smallest absolute Gasteiger partial charge is 0.120 e. The Morgan fingerprint density at radius 3 is 2.61 bits per heavy atom. The number of rotatable bonds is 2.